The predicted molar refractivity (Wildman–Crippen MR) is 79.6 cm³/mol. The van der Waals surface area contributed by atoms with Crippen molar-refractivity contribution < 1.29 is 14.4 Å². The van der Waals surface area contributed by atoms with Crippen LogP contribution in [0.4, 0.5) is 0 Å². The quantitative estimate of drug-likeness (QED) is 0.619. The van der Waals surface area contributed by atoms with Gasteiger partial charge in [0.15, 0.2) is 5.78 Å². The van der Waals surface area contributed by atoms with Crippen molar-refractivity contribution in [1.82, 2.24) is 10.2 Å². The van der Waals surface area contributed by atoms with E-state index in [4.69, 9.17) is 0 Å². The molecule has 1 saturated carbocycles. The summed E-state index contributed by atoms with van der Waals surface area (Å²) in [5.41, 5.74) is 0. The first-order chi connectivity index (χ1) is 10.1. The third kappa shape index (κ3) is 3.83. The van der Waals surface area contributed by atoms with Gasteiger partial charge in [-0.25, -0.2) is 0 Å². The summed E-state index contributed by atoms with van der Waals surface area (Å²) in [4.78, 5) is 37.1. The van der Waals surface area contributed by atoms with Crippen LogP contribution in [0.5, 0.6) is 0 Å². The first-order valence-corrected chi connectivity index (χ1v) is 8.15. The van der Waals surface area contributed by atoms with Crippen LogP contribution in [0.2, 0.25) is 0 Å². The van der Waals surface area contributed by atoms with E-state index in [-0.39, 0.29) is 23.7 Å². The molecule has 2 unspecified atom stereocenters. The van der Waals surface area contributed by atoms with Gasteiger partial charge in [0.1, 0.15) is 6.04 Å². The Morgan fingerprint density at radius 3 is 2.33 bits per heavy atom. The molecule has 1 N–H and O–H groups in total. The van der Waals surface area contributed by atoms with E-state index >= 15 is 0 Å². The molecule has 0 radical (unpaired) electrons. The maximum absolute atomic E-state index is 12.8. The van der Waals surface area contributed by atoms with Gasteiger partial charge in [-0.05, 0) is 38.5 Å². The summed E-state index contributed by atoms with van der Waals surface area (Å²) in [5, 5.41) is 2.73. The first-order valence-electron chi connectivity index (χ1n) is 8.15. The van der Waals surface area contributed by atoms with Gasteiger partial charge in [-0.15, -0.1) is 0 Å². The van der Waals surface area contributed by atoms with Crippen molar-refractivity contribution in [2.75, 3.05) is 6.54 Å². The van der Waals surface area contributed by atoms with Gasteiger partial charge in [0.25, 0.3) is 0 Å². The molecule has 21 heavy (non-hydrogen) atoms. The number of carbonyl (C=O) groups is 3. The van der Waals surface area contributed by atoms with E-state index in [9.17, 15) is 14.4 Å². The Bertz CT molecular complexity index is 389. The Balaban J connectivity index is 2.10. The largest absolute Gasteiger partial charge is 0.347 e. The topological polar surface area (TPSA) is 66.5 Å². The molecule has 118 valence electrons. The molecule has 0 bridgehead atoms. The minimum atomic E-state index is -0.458. The van der Waals surface area contributed by atoms with Crippen molar-refractivity contribution in [3.63, 3.8) is 0 Å². The van der Waals surface area contributed by atoms with Gasteiger partial charge < -0.3 is 10.2 Å². The van der Waals surface area contributed by atoms with Gasteiger partial charge in [-0.2, -0.15) is 0 Å². The molecule has 5 heteroatoms. The van der Waals surface area contributed by atoms with Gasteiger partial charge >= 0.3 is 0 Å². The van der Waals surface area contributed by atoms with Crippen molar-refractivity contribution in [2.24, 2.45) is 5.92 Å². The van der Waals surface area contributed by atoms with Gasteiger partial charge in [0, 0.05) is 6.54 Å². The van der Waals surface area contributed by atoms with Crippen LogP contribution in [0.1, 0.15) is 58.3 Å². The minimum Gasteiger partial charge on any atom is -0.347 e. The SMILES string of the molecule is CC(=O)C1CCCN1C(=O)C(NC=O)C1CCCCCC1. The van der Waals surface area contributed by atoms with Gasteiger partial charge in [-0.1, -0.05) is 25.7 Å². The maximum atomic E-state index is 12.8. The van der Waals surface area contributed by atoms with Crippen molar-refractivity contribution in [3.8, 4) is 0 Å². The van der Waals surface area contributed by atoms with Crippen molar-refractivity contribution >= 4 is 18.1 Å². The summed E-state index contributed by atoms with van der Waals surface area (Å²) >= 11 is 0. The molecule has 1 saturated heterocycles. The summed E-state index contributed by atoms with van der Waals surface area (Å²) in [5.74, 6) is 0.191. The van der Waals surface area contributed by atoms with E-state index in [0.717, 1.165) is 38.5 Å². The normalized spacial score (nSPS) is 25.2. The number of Topliss-reactive ketones (excluding diaryl/α,β-unsaturated/α-hetero) is 1. The summed E-state index contributed by atoms with van der Waals surface area (Å²) < 4.78 is 0. The fourth-order valence-electron chi connectivity index (χ4n) is 3.76. The molecule has 0 aromatic carbocycles. The molecule has 2 aliphatic rings. The number of hydrogen-bond acceptors (Lipinski definition) is 3. The molecular formula is C16H26N2O3. The van der Waals surface area contributed by atoms with Crippen LogP contribution in [0.15, 0.2) is 0 Å². The minimum absolute atomic E-state index is 0.0477. The molecule has 0 aromatic heterocycles. The molecule has 0 aromatic rings. The molecule has 2 atom stereocenters. The van der Waals surface area contributed by atoms with Crippen LogP contribution in [-0.4, -0.2) is 41.6 Å². The van der Waals surface area contributed by atoms with Crippen molar-refractivity contribution in [1.29, 1.82) is 0 Å². The number of ketones is 1. The highest BCUT2D eigenvalue weighted by Gasteiger charge is 2.38. The second-order valence-corrected chi connectivity index (χ2v) is 6.31. The number of nitrogens with zero attached hydrogens (tertiary/aromatic N) is 1. The summed E-state index contributed by atoms with van der Waals surface area (Å²) in [7, 11) is 0. The molecule has 2 fully saturated rings. The summed E-state index contributed by atoms with van der Waals surface area (Å²) in [6.45, 7) is 2.18. The zero-order valence-corrected chi connectivity index (χ0v) is 12.8. The van der Waals surface area contributed by atoms with Crippen LogP contribution in [-0.2, 0) is 14.4 Å². The zero-order valence-electron chi connectivity index (χ0n) is 12.8. The Labute approximate surface area is 126 Å². The van der Waals surface area contributed by atoms with Crippen molar-refractivity contribution in [2.45, 2.75) is 70.4 Å². The lowest BCUT2D eigenvalue weighted by molar-refractivity contribution is -0.140. The molecular weight excluding hydrogens is 268 g/mol. The number of amides is 2. The van der Waals surface area contributed by atoms with Crippen LogP contribution in [0.3, 0.4) is 0 Å². The fraction of sp³-hybridized carbons (Fsp3) is 0.812. The lowest BCUT2D eigenvalue weighted by Crippen LogP contribution is -2.52. The number of rotatable bonds is 5. The van der Waals surface area contributed by atoms with E-state index in [1.807, 2.05) is 0 Å². The van der Waals surface area contributed by atoms with E-state index in [1.165, 1.54) is 12.8 Å². The molecule has 5 nitrogen and oxygen atoms in total. The Morgan fingerprint density at radius 2 is 1.76 bits per heavy atom. The Kier molecular flexibility index (Phi) is 5.76. The third-order valence-electron chi connectivity index (χ3n) is 4.89. The average Bonchev–Trinajstić information content (AvgIpc) is 2.81. The fourth-order valence-corrected chi connectivity index (χ4v) is 3.76. The molecule has 1 aliphatic carbocycles. The van der Waals surface area contributed by atoms with E-state index < -0.39 is 6.04 Å². The smallest absolute Gasteiger partial charge is 0.246 e. The average molecular weight is 294 g/mol. The lowest BCUT2D eigenvalue weighted by atomic mass is 9.90. The van der Waals surface area contributed by atoms with Gasteiger partial charge in [-0.3, -0.25) is 14.4 Å². The maximum Gasteiger partial charge on any atom is 0.246 e. The van der Waals surface area contributed by atoms with Crippen LogP contribution >= 0.6 is 0 Å². The molecule has 0 spiro atoms. The molecule has 1 heterocycles. The zero-order chi connectivity index (χ0) is 15.2. The van der Waals surface area contributed by atoms with Gasteiger partial charge in [0.05, 0.1) is 6.04 Å². The standard InChI is InChI=1S/C16H26N2O3/c1-12(20)14-9-6-10-18(14)16(21)15(17-11-19)13-7-4-2-3-5-8-13/h11,13-15H,2-10H2,1H3,(H,17,19). The molecule has 2 amide bonds. The Hall–Kier alpha value is -1.39. The number of carbonyl (C=O) groups excluding carboxylic acids is 3. The third-order valence-corrected chi connectivity index (χ3v) is 4.89. The second kappa shape index (κ2) is 7.57. The molecule has 2 rings (SSSR count). The van der Waals surface area contributed by atoms with E-state index in [0.29, 0.717) is 13.0 Å². The molecule has 1 aliphatic heterocycles. The lowest BCUT2D eigenvalue weighted by Gasteiger charge is -2.31. The van der Waals surface area contributed by atoms with Crippen LogP contribution in [0, 0.1) is 5.92 Å². The summed E-state index contributed by atoms with van der Waals surface area (Å²) in [6, 6.07) is -0.750. The monoisotopic (exact) mass is 294 g/mol. The highest BCUT2D eigenvalue weighted by Crippen LogP contribution is 2.28. The summed E-state index contributed by atoms with van der Waals surface area (Å²) in [6.07, 6.45) is 8.86. The van der Waals surface area contributed by atoms with E-state index in [1.54, 1.807) is 11.8 Å². The van der Waals surface area contributed by atoms with Crippen molar-refractivity contribution in [3.05, 3.63) is 0 Å². The number of hydrogen-bond donors (Lipinski definition) is 1. The number of likely N-dealkylation sites (tertiary alicyclic amines) is 1. The van der Waals surface area contributed by atoms with E-state index in [2.05, 4.69) is 5.32 Å². The van der Waals surface area contributed by atoms with Crippen LogP contribution in [0.25, 0.3) is 0 Å². The van der Waals surface area contributed by atoms with Gasteiger partial charge in [0.2, 0.25) is 12.3 Å². The highest BCUT2D eigenvalue weighted by molar-refractivity contribution is 5.91. The number of nitrogens with one attached hydrogen (secondary N) is 1. The highest BCUT2D eigenvalue weighted by atomic mass is 16.2. The predicted octanol–water partition coefficient (Wildman–Crippen LogP) is 1.65. The first kappa shape index (κ1) is 16.0. The van der Waals surface area contributed by atoms with Crippen LogP contribution < -0.4 is 5.32 Å². The Morgan fingerprint density at radius 1 is 1.10 bits per heavy atom. The second-order valence-electron chi connectivity index (χ2n) is 6.31.